The Morgan fingerprint density at radius 3 is 2.42 bits per heavy atom. The fraction of sp³-hybridized carbons (Fsp3) is 0.625. The summed E-state index contributed by atoms with van der Waals surface area (Å²) in [5.41, 5.74) is -0.0491. The first-order valence-corrected chi connectivity index (χ1v) is 8.08. The van der Waals surface area contributed by atoms with Crippen molar-refractivity contribution in [1.82, 2.24) is 15.2 Å². The van der Waals surface area contributed by atoms with Gasteiger partial charge in [0.05, 0.1) is 0 Å². The van der Waals surface area contributed by atoms with E-state index in [1.807, 2.05) is 0 Å². The highest BCUT2D eigenvalue weighted by molar-refractivity contribution is 5.95. The summed E-state index contributed by atoms with van der Waals surface area (Å²) in [6.07, 6.45) is -1.27. The zero-order valence-electron chi connectivity index (χ0n) is 14.0. The molecule has 1 amide bonds. The zero-order chi connectivity index (χ0) is 17.2. The molecule has 2 atom stereocenters. The SMILES string of the molecule is Cl.Cl.O=C(c1ncccc1OCC(F)(F)F)N1CC[C@@H]2CNC[C@@H]2CC1. The summed E-state index contributed by atoms with van der Waals surface area (Å²) in [6, 6.07) is 2.81. The van der Waals surface area contributed by atoms with Crippen LogP contribution in [0, 0.1) is 11.8 Å². The van der Waals surface area contributed by atoms with E-state index in [9.17, 15) is 18.0 Å². The van der Waals surface area contributed by atoms with E-state index in [1.54, 1.807) is 4.90 Å². The monoisotopic (exact) mass is 415 g/mol. The highest BCUT2D eigenvalue weighted by Gasteiger charge is 2.33. The Balaban J connectivity index is 0.00000169. The van der Waals surface area contributed by atoms with Gasteiger partial charge in [0.1, 0.15) is 0 Å². The van der Waals surface area contributed by atoms with E-state index in [0.717, 1.165) is 25.9 Å². The molecule has 10 heteroatoms. The van der Waals surface area contributed by atoms with Crippen molar-refractivity contribution >= 4 is 30.7 Å². The standard InChI is InChI=1S/C16H20F3N3O2.2ClH/c17-16(18,19)10-24-13-2-1-5-21-14(13)15(23)22-6-3-11-8-20-9-12(11)4-7-22;;/h1-2,5,11-12,20H,3-4,6-10H2;2*1H/t11-,12+;;. The summed E-state index contributed by atoms with van der Waals surface area (Å²) in [5.74, 6) is 0.645. The fourth-order valence-electron chi connectivity index (χ4n) is 3.40. The molecule has 0 aliphatic carbocycles. The highest BCUT2D eigenvalue weighted by Crippen LogP contribution is 2.28. The van der Waals surface area contributed by atoms with Gasteiger partial charge in [-0.3, -0.25) is 4.79 Å². The molecule has 2 fully saturated rings. The second kappa shape index (κ2) is 9.62. The number of halogens is 5. The van der Waals surface area contributed by atoms with Crippen LogP contribution in [0.4, 0.5) is 13.2 Å². The van der Waals surface area contributed by atoms with Crippen LogP contribution in [0.15, 0.2) is 18.3 Å². The van der Waals surface area contributed by atoms with Crippen molar-refractivity contribution in [3.63, 3.8) is 0 Å². The molecule has 0 unspecified atom stereocenters. The summed E-state index contributed by atoms with van der Waals surface area (Å²) in [5, 5.41) is 3.37. The molecule has 3 heterocycles. The number of alkyl halides is 3. The lowest BCUT2D eigenvalue weighted by Crippen LogP contribution is -2.34. The zero-order valence-corrected chi connectivity index (χ0v) is 15.6. The molecule has 2 aliphatic rings. The average Bonchev–Trinajstić information content (AvgIpc) is 2.90. The third kappa shape index (κ3) is 5.62. The Morgan fingerprint density at radius 2 is 1.85 bits per heavy atom. The molecule has 0 spiro atoms. The highest BCUT2D eigenvalue weighted by atomic mass is 35.5. The van der Waals surface area contributed by atoms with Gasteiger partial charge in [0.25, 0.3) is 5.91 Å². The number of amides is 1. The van der Waals surface area contributed by atoms with Gasteiger partial charge >= 0.3 is 6.18 Å². The number of aromatic nitrogens is 1. The van der Waals surface area contributed by atoms with Gasteiger partial charge < -0.3 is 15.0 Å². The van der Waals surface area contributed by atoms with Crippen molar-refractivity contribution in [2.24, 2.45) is 11.8 Å². The first-order valence-electron chi connectivity index (χ1n) is 8.08. The topological polar surface area (TPSA) is 54.5 Å². The third-order valence-electron chi connectivity index (χ3n) is 4.67. The van der Waals surface area contributed by atoms with Gasteiger partial charge in [-0.1, -0.05) is 0 Å². The van der Waals surface area contributed by atoms with Gasteiger partial charge in [-0.2, -0.15) is 13.2 Å². The number of carbonyl (C=O) groups is 1. The second-order valence-electron chi connectivity index (χ2n) is 6.30. The smallest absolute Gasteiger partial charge is 0.422 e. The number of ether oxygens (including phenoxy) is 1. The van der Waals surface area contributed by atoms with Crippen LogP contribution in [0.2, 0.25) is 0 Å². The van der Waals surface area contributed by atoms with E-state index in [-0.39, 0.29) is 42.2 Å². The van der Waals surface area contributed by atoms with Gasteiger partial charge in [-0.05, 0) is 49.9 Å². The summed E-state index contributed by atoms with van der Waals surface area (Å²) in [4.78, 5) is 18.3. The quantitative estimate of drug-likeness (QED) is 0.824. The van der Waals surface area contributed by atoms with E-state index >= 15 is 0 Å². The van der Waals surface area contributed by atoms with Gasteiger partial charge in [-0.25, -0.2) is 4.98 Å². The maximum Gasteiger partial charge on any atom is 0.422 e. The first kappa shape index (κ1) is 22.8. The van der Waals surface area contributed by atoms with Crippen LogP contribution in [0.1, 0.15) is 23.3 Å². The number of rotatable bonds is 3. The largest absolute Gasteiger partial charge is 0.482 e. The fourth-order valence-corrected chi connectivity index (χ4v) is 3.40. The minimum atomic E-state index is -4.46. The van der Waals surface area contributed by atoms with Crippen molar-refractivity contribution in [3.05, 3.63) is 24.0 Å². The van der Waals surface area contributed by atoms with Crippen LogP contribution in [-0.4, -0.2) is 54.8 Å². The molecule has 0 radical (unpaired) electrons. The molecule has 1 aromatic heterocycles. The lowest BCUT2D eigenvalue weighted by molar-refractivity contribution is -0.153. The summed E-state index contributed by atoms with van der Waals surface area (Å²) >= 11 is 0. The maximum atomic E-state index is 12.7. The number of nitrogens with zero attached hydrogens (tertiary/aromatic N) is 2. The van der Waals surface area contributed by atoms with Gasteiger partial charge in [0.15, 0.2) is 18.1 Å². The van der Waals surface area contributed by atoms with Crippen LogP contribution in [0.5, 0.6) is 5.75 Å². The molecule has 5 nitrogen and oxygen atoms in total. The molecule has 26 heavy (non-hydrogen) atoms. The van der Waals surface area contributed by atoms with Crippen LogP contribution >= 0.6 is 24.8 Å². The van der Waals surface area contributed by atoms with Crippen molar-refractivity contribution < 1.29 is 22.7 Å². The number of carbonyl (C=O) groups excluding carboxylic acids is 1. The van der Waals surface area contributed by atoms with Crippen LogP contribution in [0.25, 0.3) is 0 Å². The predicted molar refractivity (Wildman–Crippen MR) is 95.3 cm³/mol. The Labute approximate surface area is 162 Å². The van der Waals surface area contributed by atoms with Gasteiger partial charge in [0, 0.05) is 19.3 Å². The molecule has 0 bridgehead atoms. The molecule has 2 saturated heterocycles. The van der Waals surface area contributed by atoms with Crippen LogP contribution < -0.4 is 10.1 Å². The molecular formula is C16H22Cl2F3N3O2. The molecule has 3 rings (SSSR count). The lowest BCUT2D eigenvalue weighted by atomic mass is 9.92. The number of fused-ring (bicyclic) bond motifs is 1. The summed E-state index contributed by atoms with van der Waals surface area (Å²) in [6.45, 7) is 1.69. The number of likely N-dealkylation sites (tertiary alicyclic amines) is 1. The predicted octanol–water partition coefficient (Wildman–Crippen LogP) is 2.94. The molecule has 1 aromatic rings. The number of nitrogens with one attached hydrogen (secondary N) is 1. The Morgan fingerprint density at radius 1 is 1.23 bits per heavy atom. The Kier molecular flexibility index (Phi) is 8.43. The van der Waals surface area contributed by atoms with Crippen LogP contribution in [0.3, 0.4) is 0 Å². The maximum absolute atomic E-state index is 12.7. The molecule has 148 valence electrons. The normalized spacial score (nSPS) is 22.5. The van der Waals surface area contributed by atoms with Crippen molar-refractivity contribution in [3.8, 4) is 5.75 Å². The first-order chi connectivity index (χ1) is 11.4. The number of hydrogen-bond acceptors (Lipinski definition) is 4. The van der Waals surface area contributed by atoms with Gasteiger partial charge in [0.2, 0.25) is 0 Å². The Bertz CT molecular complexity index is 590. The molecule has 1 N–H and O–H groups in total. The molecule has 2 aliphatic heterocycles. The van der Waals surface area contributed by atoms with Crippen molar-refractivity contribution in [2.45, 2.75) is 19.0 Å². The molecule has 0 aromatic carbocycles. The average molecular weight is 416 g/mol. The van der Waals surface area contributed by atoms with Crippen molar-refractivity contribution in [2.75, 3.05) is 32.8 Å². The van der Waals surface area contributed by atoms with Crippen LogP contribution in [-0.2, 0) is 0 Å². The number of hydrogen-bond donors (Lipinski definition) is 1. The summed E-state index contributed by atoms with van der Waals surface area (Å²) < 4.78 is 41.9. The molecule has 0 saturated carbocycles. The van der Waals surface area contributed by atoms with Gasteiger partial charge in [-0.15, -0.1) is 24.8 Å². The summed E-state index contributed by atoms with van der Waals surface area (Å²) in [7, 11) is 0. The number of pyridine rings is 1. The van der Waals surface area contributed by atoms with E-state index in [1.165, 1.54) is 18.3 Å². The lowest BCUT2D eigenvalue weighted by Gasteiger charge is -2.21. The minimum Gasteiger partial charge on any atom is -0.482 e. The second-order valence-corrected chi connectivity index (χ2v) is 6.30. The van der Waals surface area contributed by atoms with E-state index in [0.29, 0.717) is 24.9 Å². The molecular weight excluding hydrogens is 394 g/mol. The van der Waals surface area contributed by atoms with E-state index in [2.05, 4.69) is 10.3 Å². The third-order valence-corrected chi connectivity index (χ3v) is 4.67. The Hall–Kier alpha value is -1.25. The van der Waals surface area contributed by atoms with E-state index in [4.69, 9.17) is 4.74 Å². The van der Waals surface area contributed by atoms with E-state index < -0.39 is 12.8 Å². The van der Waals surface area contributed by atoms with Crippen molar-refractivity contribution in [1.29, 1.82) is 0 Å². The minimum absolute atomic E-state index is 0.